The molecule has 0 bridgehead atoms. The van der Waals surface area contributed by atoms with Crippen molar-refractivity contribution in [2.24, 2.45) is 0 Å². The summed E-state index contributed by atoms with van der Waals surface area (Å²) >= 11 is 1.78. The van der Waals surface area contributed by atoms with Crippen LogP contribution in [-0.2, 0) is 6.54 Å². The van der Waals surface area contributed by atoms with Gasteiger partial charge in [-0.25, -0.2) is 9.78 Å². The van der Waals surface area contributed by atoms with Crippen molar-refractivity contribution in [2.45, 2.75) is 13.0 Å². The molecule has 0 aliphatic rings. The molecule has 5 nitrogen and oxygen atoms in total. The van der Waals surface area contributed by atoms with Crippen LogP contribution in [0, 0.1) is 0 Å². The Bertz CT molecular complexity index is 374. The monoisotopic (exact) mass is 270 g/mol. The minimum absolute atomic E-state index is 0.0756. The molecule has 0 fully saturated rings. The minimum atomic E-state index is -1.00. The summed E-state index contributed by atoms with van der Waals surface area (Å²) in [6, 6.07) is 4.98. The summed E-state index contributed by atoms with van der Waals surface area (Å²) < 4.78 is 0. The Labute approximate surface area is 111 Å². The number of rotatable bonds is 9. The molecular weight excluding hydrogens is 252 g/mol. The van der Waals surface area contributed by atoms with Gasteiger partial charge in [0.25, 0.3) is 0 Å². The minimum Gasteiger partial charge on any atom is -0.477 e. The van der Waals surface area contributed by atoms with Crippen LogP contribution < -0.4 is 5.32 Å². The zero-order valence-electron chi connectivity index (χ0n) is 10.1. The lowest BCUT2D eigenvalue weighted by molar-refractivity contribution is 0.0690. The highest BCUT2D eigenvalue weighted by molar-refractivity contribution is 7.99. The van der Waals surface area contributed by atoms with Gasteiger partial charge < -0.3 is 15.5 Å². The van der Waals surface area contributed by atoms with E-state index in [9.17, 15) is 4.79 Å². The predicted molar refractivity (Wildman–Crippen MR) is 71.9 cm³/mol. The zero-order chi connectivity index (χ0) is 13.2. The third kappa shape index (κ3) is 6.00. The molecule has 1 aromatic heterocycles. The van der Waals surface area contributed by atoms with Crippen molar-refractivity contribution in [3.63, 3.8) is 0 Å². The Kier molecular flexibility index (Phi) is 7.40. The summed E-state index contributed by atoms with van der Waals surface area (Å²) in [6.45, 7) is 1.66. The highest BCUT2D eigenvalue weighted by Crippen LogP contribution is 2.01. The molecule has 0 atom stereocenters. The second-order valence-electron chi connectivity index (χ2n) is 3.69. The topological polar surface area (TPSA) is 82.5 Å². The quantitative estimate of drug-likeness (QED) is 0.580. The first-order valence-electron chi connectivity index (χ1n) is 5.82. The van der Waals surface area contributed by atoms with E-state index in [-0.39, 0.29) is 12.3 Å². The zero-order valence-corrected chi connectivity index (χ0v) is 10.9. The third-order valence-electron chi connectivity index (χ3n) is 2.20. The van der Waals surface area contributed by atoms with Crippen LogP contribution in [0.3, 0.4) is 0 Å². The van der Waals surface area contributed by atoms with E-state index in [1.807, 2.05) is 0 Å². The number of aliphatic hydroxyl groups is 1. The van der Waals surface area contributed by atoms with E-state index in [1.54, 1.807) is 23.9 Å². The van der Waals surface area contributed by atoms with Gasteiger partial charge in [-0.05, 0) is 24.3 Å². The van der Waals surface area contributed by atoms with Crippen LogP contribution in [0.4, 0.5) is 0 Å². The van der Waals surface area contributed by atoms with Gasteiger partial charge >= 0.3 is 5.97 Å². The van der Waals surface area contributed by atoms with Crippen molar-refractivity contribution < 1.29 is 15.0 Å². The molecule has 1 heterocycles. The summed E-state index contributed by atoms with van der Waals surface area (Å²) in [4.78, 5) is 14.7. The molecule has 0 saturated heterocycles. The van der Waals surface area contributed by atoms with E-state index in [2.05, 4.69) is 10.3 Å². The van der Waals surface area contributed by atoms with Gasteiger partial charge in [0.1, 0.15) is 5.69 Å². The highest BCUT2D eigenvalue weighted by Gasteiger charge is 2.04. The molecule has 3 N–H and O–H groups in total. The fourth-order valence-corrected chi connectivity index (χ4v) is 2.15. The molecule has 0 aromatic carbocycles. The molecule has 18 heavy (non-hydrogen) atoms. The number of hydrogen-bond acceptors (Lipinski definition) is 5. The number of nitrogens with zero attached hydrogens (tertiary/aromatic N) is 1. The molecule has 1 rings (SSSR count). The number of carboxylic acid groups (broad SMARTS) is 1. The van der Waals surface area contributed by atoms with Gasteiger partial charge in [-0.3, -0.25) is 0 Å². The molecular formula is C12H18N2O3S. The van der Waals surface area contributed by atoms with Crippen LogP contribution in [0.1, 0.15) is 22.6 Å². The van der Waals surface area contributed by atoms with Crippen molar-refractivity contribution in [3.8, 4) is 0 Å². The van der Waals surface area contributed by atoms with E-state index in [4.69, 9.17) is 10.2 Å². The Hall–Kier alpha value is -1.11. The fraction of sp³-hybridized carbons (Fsp3) is 0.500. The normalized spacial score (nSPS) is 10.5. The maximum absolute atomic E-state index is 10.7. The summed E-state index contributed by atoms with van der Waals surface area (Å²) in [7, 11) is 0. The van der Waals surface area contributed by atoms with Gasteiger partial charge in [0, 0.05) is 25.4 Å². The van der Waals surface area contributed by atoms with Crippen LogP contribution in [0.15, 0.2) is 18.2 Å². The molecule has 100 valence electrons. The van der Waals surface area contributed by atoms with E-state index < -0.39 is 5.97 Å². The van der Waals surface area contributed by atoms with Gasteiger partial charge in [0.15, 0.2) is 0 Å². The summed E-state index contributed by atoms with van der Waals surface area (Å²) in [5.41, 5.74) is 0.807. The van der Waals surface area contributed by atoms with Crippen LogP contribution >= 0.6 is 11.8 Å². The third-order valence-corrected chi connectivity index (χ3v) is 3.27. The number of aromatic nitrogens is 1. The Morgan fingerprint density at radius 3 is 2.94 bits per heavy atom. The van der Waals surface area contributed by atoms with E-state index >= 15 is 0 Å². The number of aromatic carboxylic acids is 1. The Morgan fingerprint density at radius 2 is 2.22 bits per heavy atom. The molecule has 0 unspecified atom stereocenters. The van der Waals surface area contributed by atoms with Crippen LogP contribution in [0.5, 0.6) is 0 Å². The van der Waals surface area contributed by atoms with Crippen LogP contribution in [0.25, 0.3) is 0 Å². The second-order valence-corrected chi connectivity index (χ2v) is 4.91. The predicted octanol–water partition coefficient (Wildman–Crippen LogP) is 0.985. The SMILES string of the molecule is O=C(O)c1cccc(CNCCSCCCO)n1. The number of carboxylic acids is 1. The summed E-state index contributed by atoms with van der Waals surface area (Å²) in [5.74, 6) is 0.931. The molecule has 6 heteroatoms. The lowest BCUT2D eigenvalue weighted by Gasteiger charge is -2.04. The maximum Gasteiger partial charge on any atom is 0.354 e. The largest absolute Gasteiger partial charge is 0.477 e. The van der Waals surface area contributed by atoms with Gasteiger partial charge in [0.2, 0.25) is 0 Å². The van der Waals surface area contributed by atoms with E-state index in [1.165, 1.54) is 6.07 Å². The number of carbonyl (C=O) groups is 1. The number of pyridine rings is 1. The van der Waals surface area contributed by atoms with Gasteiger partial charge in [-0.15, -0.1) is 0 Å². The van der Waals surface area contributed by atoms with Gasteiger partial charge in [-0.1, -0.05) is 6.07 Å². The number of hydrogen-bond donors (Lipinski definition) is 3. The molecule has 0 saturated carbocycles. The lowest BCUT2D eigenvalue weighted by Crippen LogP contribution is -2.18. The first-order valence-corrected chi connectivity index (χ1v) is 6.98. The van der Waals surface area contributed by atoms with Gasteiger partial charge in [0.05, 0.1) is 5.69 Å². The number of nitrogens with one attached hydrogen (secondary N) is 1. The van der Waals surface area contributed by atoms with Crippen molar-refractivity contribution in [3.05, 3.63) is 29.6 Å². The molecule has 0 aliphatic carbocycles. The lowest BCUT2D eigenvalue weighted by atomic mass is 10.3. The molecule has 0 aliphatic heterocycles. The first kappa shape index (κ1) is 14.9. The van der Waals surface area contributed by atoms with Crippen molar-refractivity contribution in [1.29, 1.82) is 0 Å². The highest BCUT2D eigenvalue weighted by atomic mass is 32.2. The number of aliphatic hydroxyl groups excluding tert-OH is 1. The summed E-state index contributed by atoms with van der Waals surface area (Å²) in [6.07, 6.45) is 0.826. The second kappa shape index (κ2) is 8.91. The fourth-order valence-electron chi connectivity index (χ4n) is 1.33. The summed E-state index contributed by atoms with van der Waals surface area (Å²) in [5, 5.41) is 20.6. The molecule has 0 spiro atoms. The van der Waals surface area contributed by atoms with Gasteiger partial charge in [-0.2, -0.15) is 11.8 Å². The van der Waals surface area contributed by atoms with E-state index in [0.29, 0.717) is 6.54 Å². The van der Waals surface area contributed by atoms with Crippen molar-refractivity contribution in [1.82, 2.24) is 10.3 Å². The van der Waals surface area contributed by atoms with Crippen molar-refractivity contribution in [2.75, 3.05) is 24.7 Å². The first-order chi connectivity index (χ1) is 8.74. The molecule has 0 amide bonds. The van der Waals surface area contributed by atoms with Crippen molar-refractivity contribution >= 4 is 17.7 Å². The Morgan fingerprint density at radius 1 is 1.39 bits per heavy atom. The molecule has 0 radical (unpaired) electrons. The Balaban J connectivity index is 2.19. The maximum atomic E-state index is 10.7. The average Bonchev–Trinajstić information content (AvgIpc) is 2.38. The van der Waals surface area contributed by atoms with E-state index in [0.717, 1.165) is 30.2 Å². The number of thioether (sulfide) groups is 1. The standard InChI is InChI=1S/C12H18N2O3S/c15-6-2-7-18-8-5-13-9-10-3-1-4-11(14-10)12(16)17/h1,3-4,13,15H,2,5-9H2,(H,16,17). The average molecular weight is 270 g/mol. The van der Waals surface area contributed by atoms with Crippen LogP contribution in [0.2, 0.25) is 0 Å². The van der Waals surface area contributed by atoms with Crippen LogP contribution in [-0.4, -0.2) is 45.8 Å². The molecule has 1 aromatic rings. The smallest absolute Gasteiger partial charge is 0.354 e.